The number of nitrogens with one attached hydrogen (secondary N) is 1. The normalized spacial score (nSPS) is 11.7. The average molecular weight is 214 g/mol. The summed E-state index contributed by atoms with van der Waals surface area (Å²) in [4.78, 5) is 24.2. The number of hydrogen-bond acceptors (Lipinski definition) is 4. The summed E-state index contributed by atoms with van der Waals surface area (Å²) in [7, 11) is 4.91. The van der Waals surface area contributed by atoms with Gasteiger partial charge >= 0.3 is 5.97 Å². The lowest BCUT2D eigenvalue weighted by Gasteiger charge is -2.18. The Kier molecular flexibility index (Phi) is 6.37. The van der Waals surface area contributed by atoms with Gasteiger partial charge in [-0.2, -0.15) is 0 Å². The van der Waals surface area contributed by atoms with Crippen LogP contribution in [0.3, 0.4) is 0 Å². The quantitative estimate of drug-likeness (QED) is 0.490. The standard InChI is InChI=1S/C10H18N2O3/c1-5-6-15-9(13)7-8(11-2)10(14)12(3)4/h5,8,11H,1,6-7H2,2-4H3/t8-/m0/s1. The molecule has 0 unspecified atom stereocenters. The van der Waals surface area contributed by atoms with Crippen LogP contribution in [0.5, 0.6) is 0 Å². The van der Waals surface area contributed by atoms with Crippen molar-refractivity contribution in [2.24, 2.45) is 0 Å². The molecule has 0 aliphatic carbocycles. The average Bonchev–Trinajstić information content (AvgIpc) is 2.21. The van der Waals surface area contributed by atoms with E-state index in [2.05, 4.69) is 11.9 Å². The van der Waals surface area contributed by atoms with E-state index in [1.165, 1.54) is 11.0 Å². The van der Waals surface area contributed by atoms with E-state index in [4.69, 9.17) is 4.74 Å². The predicted octanol–water partition coefficient (Wildman–Crippen LogP) is -0.218. The van der Waals surface area contributed by atoms with Gasteiger partial charge in [-0.05, 0) is 7.05 Å². The minimum absolute atomic E-state index is 0.0291. The van der Waals surface area contributed by atoms with Gasteiger partial charge in [0.1, 0.15) is 6.61 Å². The molecule has 0 bridgehead atoms. The first-order chi connectivity index (χ1) is 7.02. The highest BCUT2D eigenvalue weighted by molar-refractivity contribution is 5.86. The molecule has 1 amide bonds. The fourth-order valence-electron chi connectivity index (χ4n) is 1.00. The van der Waals surface area contributed by atoms with Gasteiger partial charge in [0.15, 0.2) is 0 Å². The number of hydrogen-bond donors (Lipinski definition) is 1. The van der Waals surface area contributed by atoms with Crippen LogP contribution in [0.2, 0.25) is 0 Å². The molecule has 0 aromatic heterocycles. The molecule has 0 aliphatic rings. The van der Waals surface area contributed by atoms with E-state index in [-0.39, 0.29) is 18.9 Å². The second kappa shape index (κ2) is 7.00. The second-order valence-electron chi connectivity index (χ2n) is 3.25. The minimum atomic E-state index is -0.530. The maximum absolute atomic E-state index is 11.5. The highest BCUT2D eigenvalue weighted by Crippen LogP contribution is 1.98. The molecule has 5 heteroatoms. The molecule has 1 atom stereocenters. The van der Waals surface area contributed by atoms with Gasteiger partial charge in [0.25, 0.3) is 0 Å². The van der Waals surface area contributed by atoms with Crippen LogP contribution in [-0.2, 0) is 14.3 Å². The van der Waals surface area contributed by atoms with E-state index >= 15 is 0 Å². The van der Waals surface area contributed by atoms with Gasteiger partial charge in [0.2, 0.25) is 5.91 Å². The Bertz CT molecular complexity index is 239. The minimum Gasteiger partial charge on any atom is -0.461 e. The number of carbonyl (C=O) groups is 2. The first kappa shape index (κ1) is 13.6. The molecule has 0 aliphatic heterocycles. The summed E-state index contributed by atoms with van der Waals surface area (Å²) in [5, 5.41) is 2.77. The van der Waals surface area contributed by atoms with Crippen molar-refractivity contribution in [3.63, 3.8) is 0 Å². The smallest absolute Gasteiger partial charge is 0.308 e. The Morgan fingerprint density at radius 3 is 2.53 bits per heavy atom. The number of likely N-dealkylation sites (N-methyl/N-ethyl adjacent to an activating group) is 2. The van der Waals surface area contributed by atoms with Gasteiger partial charge in [-0.15, -0.1) is 0 Å². The van der Waals surface area contributed by atoms with Gasteiger partial charge in [-0.3, -0.25) is 9.59 Å². The first-order valence-electron chi connectivity index (χ1n) is 4.67. The summed E-state index contributed by atoms with van der Waals surface area (Å²) in [6.45, 7) is 3.60. The third kappa shape index (κ3) is 5.17. The van der Waals surface area contributed by atoms with Crippen LogP contribution < -0.4 is 5.32 Å². The van der Waals surface area contributed by atoms with Crippen LogP contribution in [0.25, 0.3) is 0 Å². The van der Waals surface area contributed by atoms with Crippen molar-refractivity contribution in [2.75, 3.05) is 27.7 Å². The molecular formula is C10H18N2O3. The zero-order chi connectivity index (χ0) is 11.8. The lowest BCUT2D eigenvalue weighted by atomic mass is 10.2. The van der Waals surface area contributed by atoms with Crippen molar-refractivity contribution >= 4 is 11.9 Å². The molecule has 0 fully saturated rings. The molecule has 0 rings (SSSR count). The summed E-state index contributed by atoms with van der Waals surface area (Å²) in [6, 6.07) is -0.530. The zero-order valence-electron chi connectivity index (χ0n) is 9.45. The fraction of sp³-hybridized carbons (Fsp3) is 0.600. The molecule has 1 N–H and O–H groups in total. The summed E-state index contributed by atoms with van der Waals surface area (Å²) in [5.74, 6) is -0.558. The number of rotatable bonds is 6. The number of nitrogens with zero attached hydrogens (tertiary/aromatic N) is 1. The van der Waals surface area contributed by atoms with Crippen molar-refractivity contribution in [2.45, 2.75) is 12.5 Å². The zero-order valence-corrected chi connectivity index (χ0v) is 9.45. The van der Waals surface area contributed by atoms with Gasteiger partial charge in [-0.1, -0.05) is 12.7 Å². The number of carbonyl (C=O) groups excluding carboxylic acids is 2. The Balaban J connectivity index is 4.14. The molecule has 0 radical (unpaired) electrons. The third-order valence-corrected chi connectivity index (χ3v) is 1.82. The summed E-state index contributed by atoms with van der Waals surface area (Å²) in [5.41, 5.74) is 0. The number of amides is 1. The predicted molar refractivity (Wildman–Crippen MR) is 57.3 cm³/mol. The Morgan fingerprint density at radius 1 is 1.53 bits per heavy atom. The molecule has 0 aromatic rings. The topological polar surface area (TPSA) is 58.6 Å². The molecule has 0 aromatic carbocycles. The fourth-order valence-corrected chi connectivity index (χ4v) is 1.00. The van der Waals surface area contributed by atoms with Crippen LogP contribution in [0, 0.1) is 0 Å². The number of ether oxygens (including phenoxy) is 1. The SMILES string of the molecule is C=CCOC(=O)C[C@H](NC)C(=O)N(C)C. The van der Waals surface area contributed by atoms with E-state index in [9.17, 15) is 9.59 Å². The third-order valence-electron chi connectivity index (χ3n) is 1.82. The maximum Gasteiger partial charge on any atom is 0.308 e. The largest absolute Gasteiger partial charge is 0.461 e. The van der Waals surface area contributed by atoms with Gasteiger partial charge in [-0.25, -0.2) is 0 Å². The summed E-state index contributed by atoms with van der Waals surface area (Å²) < 4.78 is 4.79. The second-order valence-corrected chi connectivity index (χ2v) is 3.25. The van der Waals surface area contributed by atoms with Crippen LogP contribution in [0.15, 0.2) is 12.7 Å². The van der Waals surface area contributed by atoms with Crippen molar-refractivity contribution in [3.8, 4) is 0 Å². The Labute approximate surface area is 90.1 Å². The van der Waals surface area contributed by atoms with Gasteiger partial charge in [0, 0.05) is 14.1 Å². The van der Waals surface area contributed by atoms with E-state index in [0.717, 1.165) is 0 Å². The van der Waals surface area contributed by atoms with Crippen molar-refractivity contribution in [1.29, 1.82) is 0 Å². The monoisotopic (exact) mass is 214 g/mol. The highest BCUT2D eigenvalue weighted by Gasteiger charge is 2.21. The summed E-state index contributed by atoms with van der Waals surface area (Å²) >= 11 is 0. The van der Waals surface area contributed by atoms with E-state index in [0.29, 0.717) is 0 Å². The van der Waals surface area contributed by atoms with Crippen LogP contribution in [0.1, 0.15) is 6.42 Å². The maximum atomic E-state index is 11.5. The van der Waals surface area contributed by atoms with E-state index in [1.54, 1.807) is 21.1 Å². The van der Waals surface area contributed by atoms with Crippen molar-refractivity contribution < 1.29 is 14.3 Å². The van der Waals surface area contributed by atoms with Crippen molar-refractivity contribution in [1.82, 2.24) is 10.2 Å². The first-order valence-corrected chi connectivity index (χ1v) is 4.67. The van der Waals surface area contributed by atoms with Crippen molar-refractivity contribution in [3.05, 3.63) is 12.7 Å². The van der Waals surface area contributed by atoms with Crippen LogP contribution in [-0.4, -0.2) is 50.6 Å². The molecule has 0 saturated carbocycles. The Hall–Kier alpha value is -1.36. The number of esters is 1. The molecule has 0 spiro atoms. The molecule has 0 heterocycles. The molecule has 0 saturated heterocycles. The molecule has 86 valence electrons. The van der Waals surface area contributed by atoms with Crippen LogP contribution in [0.4, 0.5) is 0 Å². The molecular weight excluding hydrogens is 196 g/mol. The lowest BCUT2D eigenvalue weighted by molar-refractivity contribution is -0.145. The highest BCUT2D eigenvalue weighted by atomic mass is 16.5. The van der Waals surface area contributed by atoms with E-state index < -0.39 is 12.0 Å². The van der Waals surface area contributed by atoms with Gasteiger partial charge in [0.05, 0.1) is 12.5 Å². The Morgan fingerprint density at radius 2 is 2.13 bits per heavy atom. The lowest BCUT2D eigenvalue weighted by Crippen LogP contribution is -2.43. The van der Waals surface area contributed by atoms with E-state index in [1.807, 2.05) is 0 Å². The van der Waals surface area contributed by atoms with Crippen LogP contribution >= 0.6 is 0 Å². The molecule has 15 heavy (non-hydrogen) atoms. The molecule has 5 nitrogen and oxygen atoms in total. The van der Waals surface area contributed by atoms with Gasteiger partial charge < -0.3 is 15.0 Å². The summed E-state index contributed by atoms with van der Waals surface area (Å²) in [6.07, 6.45) is 1.52.